The summed E-state index contributed by atoms with van der Waals surface area (Å²) in [4.78, 5) is 13.1. The molecule has 2 rings (SSSR count). The maximum absolute atomic E-state index is 12.2. The Balaban J connectivity index is 2.02. The maximum atomic E-state index is 12.2. The van der Waals surface area contributed by atoms with Gasteiger partial charge < -0.3 is 10.4 Å². The summed E-state index contributed by atoms with van der Waals surface area (Å²) in [6.07, 6.45) is 1.20. The molecule has 2 N–H and O–H groups in total. The Morgan fingerprint density at radius 2 is 2.00 bits per heavy atom. The first-order valence-corrected chi connectivity index (χ1v) is 8.07. The Morgan fingerprint density at radius 1 is 1.29 bits per heavy atom. The lowest BCUT2D eigenvalue weighted by molar-refractivity contribution is 0.0916. The van der Waals surface area contributed by atoms with Gasteiger partial charge in [0.15, 0.2) is 0 Å². The number of nitrogens with one attached hydrogen (secondary N) is 1. The topological polar surface area (TPSA) is 49.3 Å². The summed E-state index contributed by atoms with van der Waals surface area (Å²) in [5.74, 6) is -0.286. The van der Waals surface area contributed by atoms with E-state index in [2.05, 4.69) is 5.32 Å². The predicted molar refractivity (Wildman–Crippen MR) is 87.0 cm³/mol. The number of carbonyl (C=O) groups excluding carboxylic acids is 1. The average molecular weight is 322 g/mol. The molecule has 0 bridgehead atoms. The Hall–Kier alpha value is -1.49. The number of amides is 1. The molecule has 3 nitrogen and oxygen atoms in total. The molecule has 2 aromatic rings. The summed E-state index contributed by atoms with van der Waals surface area (Å²) >= 11 is 7.59. The molecule has 0 aromatic heterocycles. The molecule has 2 aromatic carbocycles. The van der Waals surface area contributed by atoms with Crippen molar-refractivity contribution >= 4 is 29.3 Å². The third kappa shape index (κ3) is 4.24. The average Bonchev–Trinajstić information content (AvgIpc) is 2.53. The van der Waals surface area contributed by atoms with Gasteiger partial charge in [-0.1, -0.05) is 41.9 Å². The fourth-order valence-electron chi connectivity index (χ4n) is 1.88. The fraction of sp³-hybridized carbons (Fsp3) is 0.188. The van der Waals surface area contributed by atoms with Crippen LogP contribution in [0.5, 0.6) is 0 Å². The molecule has 21 heavy (non-hydrogen) atoms. The van der Waals surface area contributed by atoms with Crippen LogP contribution in [0.15, 0.2) is 53.4 Å². The lowest BCUT2D eigenvalue weighted by Crippen LogP contribution is -2.28. The second kappa shape index (κ2) is 7.50. The molecule has 0 saturated carbocycles. The van der Waals surface area contributed by atoms with Crippen LogP contribution in [0.4, 0.5) is 0 Å². The van der Waals surface area contributed by atoms with E-state index in [4.69, 9.17) is 11.6 Å². The first-order chi connectivity index (χ1) is 10.1. The van der Waals surface area contributed by atoms with E-state index in [9.17, 15) is 9.90 Å². The van der Waals surface area contributed by atoms with Gasteiger partial charge in [-0.25, -0.2) is 0 Å². The van der Waals surface area contributed by atoms with E-state index >= 15 is 0 Å². The van der Waals surface area contributed by atoms with E-state index in [1.54, 1.807) is 23.9 Å². The SMILES string of the molecule is CSc1ccc(Cl)c(C(=O)NCC(O)c2ccccc2)c1. The molecule has 0 aliphatic rings. The summed E-state index contributed by atoms with van der Waals surface area (Å²) < 4.78 is 0. The number of thioether (sulfide) groups is 1. The summed E-state index contributed by atoms with van der Waals surface area (Å²) in [7, 11) is 0. The van der Waals surface area contributed by atoms with E-state index in [0.717, 1.165) is 10.5 Å². The molecule has 0 saturated heterocycles. The third-order valence-corrected chi connectivity index (χ3v) is 4.11. The Bertz CT molecular complexity index is 619. The van der Waals surface area contributed by atoms with Gasteiger partial charge in [-0.3, -0.25) is 4.79 Å². The number of hydrogen-bond acceptors (Lipinski definition) is 3. The lowest BCUT2D eigenvalue weighted by atomic mass is 10.1. The first-order valence-electron chi connectivity index (χ1n) is 6.46. The van der Waals surface area contributed by atoms with Gasteiger partial charge >= 0.3 is 0 Å². The summed E-state index contributed by atoms with van der Waals surface area (Å²) in [6.45, 7) is 0.142. The molecule has 0 spiro atoms. The van der Waals surface area contributed by atoms with E-state index in [1.165, 1.54) is 0 Å². The van der Waals surface area contributed by atoms with Gasteiger partial charge in [0.25, 0.3) is 5.91 Å². The summed E-state index contributed by atoms with van der Waals surface area (Å²) in [5, 5.41) is 13.1. The quantitative estimate of drug-likeness (QED) is 0.828. The third-order valence-electron chi connectivity index (χ3n) is 3.06. The van der Waals surface area contributed by atoms with Crippen LogP contribution in [-0.2, 0) is 0 Å². The molecular formula is C16H16ClNO2S. The van der Waals surface area contributed by atoms with Crippen molar-refractivity contribution in [1.29, 1.82) is 0 Å². The molecular weight excluding hydrogens is 306 g/mol. The molecule has 1 unspecified atom stereocenters. The van der Waals surface area contributed by atoms with Crippen LogP contribution < -0.4 is 5.32 Å². The second-order valence-corrected chi connectivity index (χ2v) is 5.77. The Kier molecular flexibility index (Phi) is 5.67. The smallest absolute Gasteiger partial charge is 0.252 e. The second-order valence-electron chi connectivity index (χ2n) is 4.48. The number of aliphatic hydroxyl groups excluding tert-OH is 1. The number of hydrogen-bond donors (Lipinski definition) is 2. The highest BCUT2D eigenvalue weighted by Gasteiger charge is 2.13. The number of rotatable bonds is 5. The molecule has 5 heteroatoms. The lowest BCUT2D eigenvalue weighted by Gasteiger charge is -2.13. The van der Waals surface area contributed by atoms with Crippen molar-refractivity contribution in [3.05, 3.63) is 64.7 Å². The van der Waals surface area contributed by atoms with Crippen molar-refractivity contribution in [2.75, 3.05) is 12.8 Å². The minimum Gasteiger partial charge on any atom is -0.387 e. The number of benzene rings is 2. The van der Waals surface area contributed by atoms with Gasteiger partial charge in [0.05, 0.1) is 16.7 Å². The Morgan fingerprint density at radius 3 is 2.67 bits per heavy atom. The van der Waals surface area contributed by atoms with E-state index in [0.29, 0.717) is 10.6 Å². The predicted octanol–water partition coefficient (Wildman–Crippen LogP) is 3.53. The van der Waals surface area contributed by atoms with Crippen molar-refractivity contribution < 1.29 is 9.90 Å². The number of aliphatic hydroxyl groups is 1. The van der Waals surface area contributed by atoms with Gasteiger partial charge in [0.2, 0.25) is 0 Å². The van der Waals surface area contributed by atoms with Crippen LogP contribution in [0, 0.1) is 0 Å². The monoisotopic (exact) mass is 321 g/mol. The first kappa shape index (κ1) is 15.9. The molecule has 1 atom stereocenters. The molecule has 110 valence electrons. The van der Waals surface area contributed by atoms with Crippen LogP contribution in [0.1, 0.15) is 22.0 Å². The highest BCUT2D eigenvalue weighted by Crippen LogP contribution is 2.23. The van der Waals surface area contributed by atoms with Gasteiger partial charge in [-0.2, -0.15) is 0 Å². The van der Waals surface area contributed by atoms with Gasteiger partial charge in [-0.15, -0.1) is 11.8 Å². The highest BCUT2D eigenvalue weighted by molar-refractivity contribution is 7.98. The van der Waals surface area contributed by atoms with E-state index in [1.807, 2.05) is 42.7 Å². The minimum atomic E-state index is -0.738. The summed E-state index contributed by atoms with van der Waals surface area (Å²) in [5.41, 5.74) is 1.19. The van der Waals surface area contributed by atoms with Crippen molar-refractivity contribution in [2.24, 2.45) is 0 Å². The Labute approximate surface area is 133 Å². The number of halogens is 1. The zero-order chi connectivity index (χ0) is 15.2. The number of carbonyl (C=O) groups is 1. The molecule has 0 aliphatic heterocycles. The van der Waals surface area contributed by atoms with Crippen molar-refractivity contribution in [1.82, 2.24) is 5.32 Å². The van der Waals surface area contributed by atoms with Crippen molar-refractivity contribution in [2.45, 2.75) is 11.0 Å². The molecule has 0 radical (unpaired) electrons. The van der Waals surface area contributed by atoms with Crippen molar-refractivity contribution in [3.63, 3.8) is 0 Å². The highest BCUT2D eigenvalue weighted by atomic mass is 35.5. The zero-order valence-corrected chi connectivity index (χ0v) is 13.1. The van der Waals surface area contributed by atoms with Crippen LogP contribution in [0.2, 0.25) is 5.02 Å². The van der Waals surface area contributed by atoms with Crippen LogP contribution in [-0.4, -0.2) is 23.8 Å². The molecule has 1 amide bonds. The molecule has 0 heterocycles. The zero-order valence-electron chi connectivity index (χ0n) is 11.5. The van der Waals surface area contributed by atoms with Gasteiger partial charge in [0.1, 0.15) is 0 Å². The van der Waals surface area contributed by atoms with Gasteiger partial charge in [-0.05, 0) is 30.0 Å². The molecule has 0 fully saturated rings. The van der Waals surface area contributed by atoms with Crippen molar-refractivity contribution in [3.8, 4) is 0 Å². The van der Waals surface area contributed by atoms with E-state index < -0.39 is 6.10 Å². The van der Waals surface area contributed by atoms with E-state index in [-0.39, 0.29) is 12.5 Å². The maximum Gasteiger partial charge on any atom is 0.252 e. The van der Waals surface area contributed by atoms with Crippen LogP contribution >= 0.6 is 23.4 Å². The van der Waals surface area contributed by atoms with Crippen LogP contribution in [0.25, 0.3) is 0 Å². The van der Waals surface area contributed by atoms with Crippen LogP contribution in [0.3, 0.4) is 0 Å². The normalized spacial score (nSPS) is 12.0. The summed E-state index contributed by atoms with van der Waals surface area (Å²) in [6, 6.07) is 14.5. The largest absolute Gasteiger partial charge is 0.387 e. The minimum absolute atomic E-state index is 0.142. The van der Waals surface area contributed by atoms with Gasteiger partial charge in [0, 0.05) is 11.4 Å². The standard InChI is InChI=1S/C16H16ClNO2S/c1-21-12-7-8-14(17)13(9-12)16(20)18-10-15(19)11-5-3-2-4-6-11/h2-9,15,19H,10H2,1H3,(H,18,20). The molecule has 0 aliphatic carbocycles. The fourth-order valence-corrected chi connectivity index (χ4v) is 2.53.